The SMILES string of the molecule is COC(=O)CC(O)C(O)c1ccc2c[nH]c(=O)cc2c1. The second-order valence-corrected chi connectivity index (χ2v) is 4.48. The zero-order valence-corrected chi connectivity index (χ0v) is 10.9. The molecule has 0 radical (unpaired) electrons. The lowest BCUT2D eigenvalue weighted by molar-refractivity contribution is -0.144. The summed E-state index contributed by atoms with van der Waals surface area (Å²) in [7, 11) is 1.21. The zero-order valence-electron chi connectivity index (χ0n) is 10.9. The lowest BCUT2D eigenvalue weighted by Gasteiger charge is -2.17. The minimum Gasteiger partial charge on any atom is -0.469 e. The molecule has 0 saturated carbocycles. The van der Waals surface area contributed by atoms with E-state index in [1.807, 2.05) is 0 Å². The van der Waals surface area contributed by atoms with Crippen LogP contribution in [0.5, 0.6) is 0 Å². The third-order valence-corrected chi connectivity index (χ3v) is 3.08. The quantitative estimate of drug-likeness (QED) is 0.706. The number of pyridine rings is 1. The van der Waals surface area contributed by atoms with E-state index in [2.05, 4.69) is 9.72 Å². The second-order valence-electron chi connectivity index (χ2n) is 4.48. The van der Waals surface area contributed by atoms with Gasteiger partial charge in [0.1, 0.15) is 6.10 Å². The summed E-state index contributed by atoms with van der Waals surface area (Å²) in [6, 6.07) is 6.36. The molecule has 0 aliphatic heterocycles. The Morgan fingerprint density at radius 1 is 1.30 bits per heavy atom. The molecule has 0 amide bonds. The minimum atomic E-state index is -1.26. The predicted molar refractivity (Wildman–Crippen MR) is 72.2 cm³/mol. The molecule has 1 heterocycles. The van der Waals surface area contributed by atoms with Crippen LogP contribution in [0.1, 0.15) is 18.1 Å². The van der Waals surface area contributed by atoms with Crippen molar-refractivity contribution >= 4 is 16.7 Å². The summed E-state index contributed by atoms with van der Waals surface area (Å²) in [6.07, 6.45) is -1.22. The number of esters is 1. The Labute approximate surface area is 114 Å². The number of aliphatic hydroxyl groups excluding tert-OH is 2. The number of methoxy groups -OCH3 is 1. The van der Waals surface area contributed by atoms with Crippen molar-refractivity contribution < 1.29 is 19.7 Å². The maximum Gasteiger partial charge on any atom is 0.308 e. The van der Waals surface area contributed by atoms with Crippen LogP contribution >= 0.6 is 0 Å². The molecule has 1 aromatic heterocycles. The highest BCUT2D eigenvalue weighted by molar-refractivity contribution is 5.82. The van der Waals surface area contributed by atoms with Crippen LogP contribution in [0.3, 0.4) is 0 Å². The molecule has 0 aliphatic carbocycles. The molecule has 6 heteroatoms. The molecule has 1 aromatic carbocycles. The van der Waals surface area contributed by atoms with E-state index in [0.29, 0.717) is 10.9 Å². The standard InChI is InChI=1S/C14H15NO5/c1-20-13(18)6-11(16)14(19)8-2-3-9-7-15-12(17)5-10(9)4-8/h2-5,7,11,14,16,19H,6H2,1H3,(H,15,17). The summed E-state index contributed by atoms with van der Waals surface area (Å²) < 4.78 is 4.44. The van der Waals surface area contributed by atoms with Gasteiger partial charge in [-0.2, -0.15) is 0 Å². The number of aromatic nitrogens is 1. The fraction of sp³-hybridized carbons (Fsp3) is 0.286. The third-order valence-electron chi connectivity index (χ3n) is 3.08. The van der Waals surface area contributed by atoms with E-state index >= 15 is 0 Å². The van der Waals surface area contributed by atoms with Gasteiger partial charge in [0.25, 0.3) is 0 Å². The van der Waals surface area contributed by atoms with Gasteiger partial charge >= 0.3 is 5.97 Å². The molecule has 2 atom stereocenters. The van der Waals surface area contributed by atoms with Crippen molar-refractivity contribution in [2.75, 3.05) is 7.11 Å². The normalized spacial score (nSPS) is 13.9. The van der Waals surface area contributed by atoms with Crippen molar-refractivity contribution in [1.29, 1.82) is 0 Å². The number of aromatic amines is 1. The van der Waals surface area contributed by atoms with Gasteiger partial charge in [-0.25, -0.2) is 0 Å². The number of nitrogens with one attached hydrogen (secondary N) is 1. The number of carbonyl (C=O) groups is 1. The topological polar surface area (TPSA) is 99.6 Å². The highest BCUT2D eigenvalue weighted by Crippen LogP contribution is 2.23. The van der Waals surface area contributed by atoms with Gasteiger partial charge in [0.2, 0.25) is 5.56 Å². The Balaban J connectivity index is 2.27. The van der Waals surface area contributed by atoms with E-state index in [0.717, 1.165) is 5.39 Å². The Kier molecular flexibility index (Phi) is 4.16. The Morgan fingerprint density at radius 2 is 2.05 bits per heavy atom. The molecule has 2 aromatic rings. The van der Waals surface area contributed by atoms with E-state index < -0.39 is 18.2 Å². The number of hydrogen-bond acceptors (Lipinski definition) is 5. The molecule has 6 nitrogen and oxygen atoms in total. The fourth-order valence-electron chi connectivity index (χ4n) is 1.95. The van der Waals surface area contributed by atoms with Gasteiger partial charge in [-0.15, -0.1) is 0 Å². The first-order valence-electron chi connectivity index (χ1n) is 6.06. The first-order chi connectivity index (χ1) is 9.51. The summed E-state index contributed by atoms with van der Waals surface area (Å²) >= 11 is 0. The van der Waals surface area contributed by atoms with Crippen LogP contribution in [-0.4, -0.2) is 34.4 Å². The average Bonchev–Trinajstić information content (AvgIpc) is 2.45. The van der Waals surface area contributed by atoms with Crippen molar-refractivity contribution in [2.45, 2.75) is 18.6 Å². The predicted octanol–water partition coefficient (Wildman–Crippen LogP) is 0.485. The number of ether oxygens (including phenoxy) is 1. The summed E-state index contributed by atoms with van der Waals surface area (Å²) in [5, 5.41) is 21.3. The minimum absolute atomic E-state index is 0.251. The van der Waals surface area contributed by atoms with E-state index in [4.69, 9.17) is 0 Å². The molecule has 0 saturated heterocycles. The van der Waals surface area contributed by atoms with Crippen LogP contribution in [0.15, 0.2) is 35.3 Å². The van der Waals surface area contributed by atoms with Crippen LogP contribution in [0.25, 0.3) is 10.8 Å². The third kappa shape index (κ3) is 3.04. The average molecular weight is 277 g/mol. The molecule has 0 spiro atoms. The molecular weight excluding hydrogens is 262 g/mol. The molecule has 0 bridgehead atoms. The van der Waals surface area contributed by atoms with Crippen molar-refractivity contribution in [1.82, 2.24) is 4.98 Å². The van der Waals surface area contributed by atoms with Crippen molar-refractivity contribution in [3.05, 3.63) is 46.4 Å². The number of carbonyl (C=O) groups excluding carboxylic acids is 1. The number of rotatable bonds is 4. The molecule has 2 rings (SSSR count). The van der Waals surface area contributed by atoms with Crippen LogP contribution in [0, 0.1) is 0 Å². The maximum atomic E-state index is 11.3. The number of fused-ring (bicyclic) bond motifs is 1. The van der Waals surface area contributed by atoms with Gasteiger partial charge in [-0.1, -0.05) is 12.1 Å². The molecule has 0 fully saturated rings. The van der Waals surface area contributed by atoms with Crippen molar-refractivity contribution in [3.63, 3.8) is 0 Å². The monoisotopic (exact) mass is 277 g/mol. The zero-order chi connectivity index (χ0) is 14.7. The van der Waals surface area contributed by atoms with Crippen molar-refractivity contribution in [3.8, 4) is 0 Å². The van der Waals surface area contributed by atoms with Crippen LogP contribution in [-0.2, 0) is 9.53 Å². The van der Waals surface area contributed by atoms with E-state index in [-0.39, 0.29) is 12.0 Å². The summed E-state index contributed by atoms with van der Waals surface area (Å²) in [5.74, 6) is -0.603. The lowest BCUT2D eigenvalue weighted by Crippen LogP contribution is -2.22. The number of aliphatic hydroxyl groups is 2. The van der Waals surface area contributed by atoms with E-state index in [1.54, 1.807) is 24.4 Å². The number of benzene rings is 1. The first kappa shape index (κ1) is 14.2. The van der Waals surface area contributed by atoms with Gasteiger partial charge < -0.3 is 19.9 Å². The first-order valence-corrected chi connectivity index (χ1v) is 6.06. The van der Waals surface area contributed by atoms with E-state index in [9.17, 15) is 19.8 Å². The maximum absolute atomic E-state index is 11.3. The Morgan fingerprint density at radius 3 is 2.75 bits per heavy atom. The highest BCUT2D eigenvalue weighted by Gasteiger charge is 2.22. The molecule has 2 unspecified atom stereocenters. The van der Waals surface area contributed by atoms with Crippen molar-refractivity contribution in [2.24, 2.45) is 0 Å². The molecule has 3 N–H and O–H groups in total. The molecular formula is C14H15NO5. The summed E-state index contributed by atoms with van der Waals surface area (Å²) in [4.78, 5) is 24.9. The highest BCUT2D eigenvalue weighted by atomic mass is 16.5. The van der Waals surface area contributed by atoms with E-state index in [1.165, 1.54) is 13.2 Å². The Hall–Kier alpha value is -2.18. The molecule has 0 aliphatic rings. The van der Waals surface area contributed by atoms with Crippen LogP contribution in [0.2, 0.25) is 0 Å². The number of hydrogen-bond donors (Lipinski definition) is 3. The summed E-state index contributed by atoms with van der Waals surface area (Å²) in [5.41, 5.74) is 0.179. The van der Waals surface area contributed by atoms with Crippen LogP contribution in [0.4, 0.5) is 0 Å². The van der Waals surface area contributed by atoms with Gasteiger partial charge in [0, 0.05) is 12.3 Å². The molecule has 20 heavy (non-hydrogen) atoms. The molecule has 106 valence electrons. The van der Waals surface area contributed by atoms with Crippen LogP contribution < -0.4 is 5.56 Å². The number of H-pyrrole nitrogens is 1. The second kappa shape index (κ2) is 5.85. The van der Waals surface area contributed by atoms with Gasteiger partial charge in [0.15, 0.2) is 0 Å². The lowest BCUT2D eigenvalue weighted by atomic mass is 9.99. The van der Waals surface area contributed by atoms with Gasteiger partial charge in [-0.05, 0) is 22.4 Å². The largest absolute Gasteiger partial charge is 0.469 e. The summed E-state index contributed by atoms with van der Waals surface area (Å²) in [6.45, 7) is 0. The fourth-order valence-corrected chi connectivity index (χ4v) is 1.95. The Bertz CT molecular complexity index is 679. The smallest absolute Gasteiger partial charge is 0.308 e. The van der Waals surface area contributed by atoms with Gasteiger partial charge in [-0.3, -0.25) is 9.59 Å². The van der Waals surface area contributed by atoms with Gasteiger partial charge in [0.05, 0.1) is 19.6 Å².